The van der Waals surface area contributed by atoms with Gasteiger partial charge in [-0.25, -0.2) is 24.9 Å². The monoisotopic (exact) mass is 728 g/mol. The lowest BCUT2D eigenvalue weighted by atomic mass is 10.00. The molecule has 0 radical (unpaired) electrons. The molecule has 264 valence electrons. The van der Waals surface area contributed by atoms with Gasteiger partial charge >= 0.3 is 0 Å². The van der Waals surface area contributed by atoms with Gasteiger partial charge in [-0.15, -0.1) is 0 Å². The lowest BCUT2D eigenvalue weighted by molar-refractivity contribution is 1.16. The number of hydrogen-bond acceptors (Lipinski definition) is 5. The number of fused-ring (bicyclic) bond motifs is 15. The molecule has 13 rings (SSSR count). The van der Waals surface area contributed by atoms with Crippen LogP contribution in [0.15, 0.2) is 170 Å². The maximum Gasteiger partial charge on any atom is 0.162 e. The molecule has 0 aliphatic heterocycles. The molecular formula is C49H28N8. The number of rotatable bonds is 3. The Labute approximate surface area is 323 Å². The molecule has 57 heavy (non-hydrogen) atoms. The minimum absolute atomic E-state index is 0.623. The van der Waals surface area contributed by atoms with E-state index < -0.39 is 0 Å². The predicted molar refractivity (Wildman–Crippen MR) is 230 cm³/mol. The summed E-state index contributed by atoms with van der Waals surface area (Å²) < 4.78 is 6.58. The van der Waals surface area contributed by atoms with Crippen molar-refractivity contribution in [3.05, 3.63) is 170 Å². The van der Waals surface area contributed by atoms with Gasteiger partial charge in [0.1, 0.15) is 16.9 Å². The van der Waals surface area contributed by atoms with Gasteiger partial charge in [0, 0.05) is 51.4 Å². The summed E-state index contributed by atoms with van der Waals surface area (Å²) >= 11 is 0. The molecule has 7 heterocycles. The second-order valence-electron chi connectivity index (χ2n) is 14.6. The fourth-order valence-electron chi connectivity index (χ4n) is 8.86. The normalized spacial score (nSPS) is 12.2. The highest BCUT2D eigenvalue weighted by molar-refractivity contribution is 6.09. The zero-order valence-electron chi connectivity index (χ0n) is 30.2. The standard InChI is InChI=1S/C49H28N8/c1-4-16-32-29(13-1)35(26-55-43-22-10-7-19-38(43)52-47(32)55)41-25-42(36-27-56-44-23-11-8-20-39(44)53-48(56)33-17-5-2-14-30(33)36)51-46(50-41)37-28-57-45-24-12-9-21-40(45)54-49(57)34-18-6-3-15-31(34)37/h1-28H. The maximum atomic E-state index is 5.53. The van der Waals surface area contributed by atoms with Crippen molar-refractivity contribution in [1.29, 1.82) is 0 Å². The lowest BCUT2D eigenvalue weighted by Gasteiger charge is -2.15. The highest BCUT2D eigenvalue weighted by atomic mass is 15.0. The first kappa shape index (κ1) is 30.4. The van der Waals surface area contributed by atoms with Crippen LogP contribution in [0, 0.1) is 0 Å². The quantitative estimate of drug-likeness (QED) is 0.181. The second kappa shape index (κ2) is 11.3. The lowest BCUT2D eigenvalue weighted by Crippen LogP contribution is -2.01. The van der Waals surface area contributed by atoms with E-state index in [-0.39, 0.29) is 0 Å². The third-order valence-electron chi connectivity index (χ3n) is 11.5. The van der Waals surface area contributed by atoms with Gasteiger partial charge in [-0.1, -0.05) is 109 Å². The topological polar surface area (TPSA) is 77.7 Å². The van der Waals surface area contributed by atoms with E-state index in [2.05, 4.69) is 165 Å². The molecule has 0 unspecified atom stereocenters. The Morgan fingerprint density at radius 2 is 0.614 bits per heavy atom. The van der Waals surface area contributed by atoms with Crippen LogP contribution in [0.25, 0.3) is 116 Å². The number of aromatic nitrogens is 8. The number of nitrogens with zero attached hydrogens (tertiary/aromatic N) is 8. The SMILES string of the molecule is c1ccc2c(c1)nc1c3ccccc3c(-c3cc(-c4cn5c6ccccc6nc5c5ccccc45)nc(-c4cn5c6ccccc6nc5c5ccccc45)n3)cn21. The third kappa shape index (κ3) is 4.29. The van der Waals surface area contributed by atoms with Gasteiger partial charge in [-0.3, -0.25) is 13.2 Å². The highest BCUT2D eigenvalue weighted by Crippen LogP contribution is 2.39. The summed E-state index contributed by atoms with van der Waals surface area (Å²) in [5.74, 6) is 0.623. The van der Waals surface area contributed by atoms with Crippen molar-refractivity contribution in [3.8, 4) is 33.9 Å². The number of hydrogen-bond donors (Lipinski definition) is 0. The first-order valence-corrected chi connectivity index (χ1v) is 19.0. The Balaban J connectivity index is 1.18. The molecule has 0 bridgehead atoms. The Morgan fingerprint density at radius 1 is 0.298 bits per heavy atom. The minimum atomic E-state index is 0.623. The van der Waals surface area contributed by atoms with Gasteiger partial charge in [0.15, 0.2) is 5.82 Å². The van der Waals surface area contributed by atoms with Crippen molar-refractivity contribution in [2.75, 3.05) is 0 Å². The third-order valence-corrected chi connectivity index (χ3v) is 11.5. The zero-order chi connectivity index (χ0) is 37.2. The van der Waals surface area contributed by atoms with E-state index in [1.807, 2.05) is 18.2 Å². The average molecular weight is 729 g/mol. The molecule has 0 fully saturated rings. The summed E-state index contributed by atoms with van der Waals surface area (Å²) in [6.07, 6.45) is 6.54. The van der Waals surface area contributed by atoms with Crippen LogP contribution in [-0.2, 0) is 0 Å². The van der Waals surface area contributed by atoms with E-state index in [0.717, 1.165) is 110 Å². The first-order chi connectivity index (χ1) is 28.2. The molecule has 13 aromatic rings. The molecule has 0 saturated heterocycles. The summed E-state index contributed by atoms with van der Waals surface area (Å²) in [4.78, 5) is 26.3. The van der Waals surface area contributed by atoms with Crippen LogP contribution in [0.4, 0.5) is 0 Å². The Hall–Kier alpha value is -7.97. The number of benzene rings is 6. The van der Waals surface area contributed by atoms with Crippen LogP contribution >= 0.6 is 0 Å². The molecule has 7 aromatic heterocycles. The molecule has 0 aliphatic carbocycles. The van der Waals surface area contributed by atoms with Crippen molar-refractivity contribution in [3.63, 3.8) is 0 Å². The van der Waals surface area contributed by atoms with Crippen LogP contribution in [0.5, 0.6) is 0 Å². The molecule has 0 saturated carbocycles. The van der Waals surface area contributed by atoms with E-state index in [9.17, 15) is 0 Å². The van der Waals surface area contributed by atoms with Gasteiger partial charge in [-0.2, -0.15) is 0 Å². The van der Waals surface area contributed by atoms with Gasteiger partial charge in [0.2, 0.25) is 0 Å². The molecule has 0 N–H and O–H groups in total. The van der Waals surface area contributed by atoms with Crippen molar-refractivity contribution >= 4 is 82.4 Å². The van der Waals surface area contributed by atoms with Gasteiger partial charge < -0.3 is 0 Å². The van der Waals surface area contributed by atoms with E-state index in [4.69, 9.17) is 24.9 Å². The molecule has 0 aliphatic rings. The van der Waals surface area contributed by atoms with Crippen molar-refractivity contribution in [2.45, 2.75) is 0 Å². The summed E-state index contributed by atoms with van der Waals surface area (Å²) in [5.41, 5.74) is 13.2. The Morgan fingerprint density at radius 3 is 1.02 bits per heavy atom. The fraction of sp³-hybridized carbons (Fsp3) is 0. The van der Waals surface area contributed by atoms with E-state index in [1.165, 1.54) is 0 Å². The van der Waals surface area contributed by atoms with Crippen LogP contribution < -0.4 is 0 Å². The summed E-state index contributed by atoms with van der Waals surface area (Å²) in [6.45, 7) is 0. The number of imidazole rings is 3. The predicted octanol–water partition coefficient (Wildman–Crippen LogP) is 11.3. The van der Waals surface area contributed by atoms with E-state index in [0.29, 0.717) is 5.82 Å². The number of pyridine rings is 3. The molecular weight excluding hydrogens is 701 g/mol. The van der Waals surface area contributed by atoms with Crippen molar-refractivity contribution in [2.24, 2.45) is 0 Å². The summed E-state index contributed by atoms with van der Waals surface area (Å²) in [6, 6.07) is 52.4. The molecule has 0 spiro atoms. The minimum Gasteiger partial charge on any atom is -0.298 e. The van der Waals surface area contributed by atoms with E-state index >= 15 is 0 Å². The van der Waals surface area contributed by atoms with Crippen LogP contribution in [0.3, 0.4) is 0 Å². The highest BCUT2D eigenvalue weighted by Gasteiger charge is 2.21. The molecule has 6 aromatic carbocycles. The molecule has 8 nitrogen and oxygen atoms in total. The average Bonchev–Trinajstić information content (AvgIpc) is 3.97. The largest absolute Gasteiger partial charge is 0.298 e. The van der Waals surface area contributed by atoms with Gasteiger partial charge in [0.25, 0.3) is 0 Å². The summed E-state index contributed by atoms with van der Waals surface area (Å²) in [5, 5.41) is 6.32. The second-order valence-corrected chi connectivity index (χ2v) is 14.6. The number of para-hydroxylation sites is 6. The fourth-order valence-corrected chi connectivity index (χ4v) is 8.86. The zero-order valence-corrected chi connectivity index (χ0v) is 30.2. The molecule has 8 heteroatoms. The van der Waals surface area contributed by atoms with E-state index in [1.54, 1.807) is 0 Å². The molecule has 0 atom stereocenters. The molecule has 0 amide bonds. The Bertz CT molecular complexity index is 3420. The van der Waals surface area contributed by atoms with Gasteiger partial charge in [0.05, 0.1) is 44.5 Å². The van der Waals surface area contributed by atoms with Crippen LogP contribution in [-0.4, -0.2) is 38.1 Å². The van der Waals surface area contributed by atoms with Crippen LogP contribution in [0.1, 0.15) is 0 Å². The van der Waals surface area contributed by atoms with Crippen LogP contribution in [0.2, 0.25) is 0 Å². The first-order valence-electron chi connectivity index (χ1n) is 19.0. The Kier molecular flexibility index (Phi) is 6.01. The smallest absolute Gasteiger partial charge is 0.162 e. The van der Waals surface area contributed by atoms with Crippen molar-refractivity contribution in [1.82, 2.24) is 38.1 Å². The summed E-state index contributed by atoms with van der Waals surface area (Å²) in [7, 11) is 0. The maximum absolute atomic E-state index is 5.53. The van der Waals surface area contributed by atoms with Crippen molar-refractivity contribution < 1.29 is 0 Å². The van der Waals surface area contributed by atoms with Gasteiger partial charge in [-0.05, 0) is 58.6 Å².